The predicted molar refractivity (Wildman–Crippen MR) is 124 cm³/mol. The zero-order valence-electron chi connectivity index (χ0n) is 17.8. The van der Waals surface area contributed by atoms with E-state index in [1.807, 2.05) is 49.0 Å². The van der Waals surface area contributed by atoms with Crippen LogP contribution in [-0.4, -0.2) is 34.7 Å². The molecule has 2 aliphatic heterocycles. The van der Waals surface area contributed by atoms with E-state index in [4.69, 9.17) is 9.84 Å². The maximum atomic E-state index is 13.7. The molecule has 0 bridgehead atoms. The van der Waals surface area contributed by atoms with Gasteiger partial charge in [-0.15, -0.1) is 0 Å². The fourth-order valence-electron chi connectivity index (χ4n) is 3.84. The van der Waals surface area contributed by atoms with Crippen molar-refractivity contribution in [3.05, 3.63) is 78.4 Å². The molecule has 1 atom stereocenters. The third-order valence-electron chi connectivity index (χ3n) is 5.33. The Morgan fingerprint density at radius 3 is 2.75 bits per heavy atom. The van der Waals surface area contributed by atoms with Crippen LogP contribution in [0.5, 0.6) is 5.75 Å². The van der Waals surface area contributed by atoms with Crippen LogP contribution in [0.15, 0.2) is 76.4 Å². The third kappa shape index (κ3) is 3.28. The summed E-state index contributed by atoms with van der Waals surface area (Å²) in [5.74, 6) is 1.41. The van der Waals surface area contributed by atoms with E-state index in [1.54, 1.807) is 31.9 Å². The van der Waals surface area contributed by atoms with E-state index in [1.165, 1.54) is 12.1 Å². The van der Waals surface area contributed by atoms with Gasteiger partial charge in [-0.05, 0) is 43.2 Å². The predicted octanol–water partition coefficient (Wildman–Crippen LogP) is 4.29. The largest absolute Gasteiger partial charge is 0.494 e. The molecule has 8 nitrogen and oxygen atoms in total. The van der Waals surface area contributed by atoms with E-state index in [-0.39, 0.29) is 10.4 Å². The van der Waals surface area contributed by atoms with Crippen molar-refractivity contribution in [3.8, 4) is 11.4 Å². The van der Waals surface area contributed by atoms with Gasteiger partial charge in [0.05, 0.1) is 31.0 Å². The number of benzene rings is 2. The van der Waals surface area contributed by atoms with Gasteiger partial charge >= 0.3 is 0 Å². The molecule has 0 aliphatic carbocycles. The number of aliphatic imine (C=N–C) groups is 2. The van der Waals surface area contributed by atoms with E-state index in [0.717, 1.165) is 28.3 Å². The fourth-order valence-corrected chi connectivity index (χ4v) is 3.84. The lowest BCUT2D eigenvalue weighted by molar-refractivity contribution is 0.413. The average molecular weight is 430 g/mol. The highest BCUT2D eigenvalue weighted by atomic mass is 19.1. The molecular formula is C23H21FN7O+. The van der Waals surface area contributed by atoms with Gasteiger partial charge in [-0.1, -0.05) is 4.59 Å². The van der Waals surface area contributed by atoms with Gasteiger partial charge in [0, 0.05) is 29.6 Å². The Morgan fingerprint density at radius 2 is 2.00 bits per heavy atom. The molecule has 2 aliphatic rings. The SMILES string of the molecule is COc1cc(NC2=N[N+]3(c4ccc(F)cc4C)C=CN=CC3=N2)ccc1-n1cnc(C)c1. The molecule has 1 N–H and O–H groups in total. The topological polar surface area (TPSA) is 76.2 Å². The second-order valence-electron chi connectivity index (χ2n) is 7.52. The van der Waals surface area contributed by atoms with Crippen molar-refractivity contribution in [1.82, 2.24) is 14.1 Å². The van der Waals surface area contributed by atoms with E-state index in [0.29, 0.717) is 17.5 Å². The number of anilines is 1. The number of halogens is 1. The van der Waals surface area contributed by atoms with Crippen LogP contribution in [0.2, 0.25) is 0 Å². The minimum Gasteiger partial charge on any atom is -0.494 e. The van der Waals surface area contributed by atoms with Gasteiger partial charge in [0.2, 0.25) is 0 Å². The van der Waals surface area contributed by atoms with Crippen molar-refractivity contribution in [2.75, 3.05) is 12.4 Å². The molecule has 1 aromatic heterocycles. The van der Waals surface area contributed by atoms with Crippen LogP contribution in [-0.2, 0) is 0 Å². The molecule has 0 fully saturated rings. The van der Waals surface area contributed by atoms with Crippen molar-refractivity contribution >= 4 is 29.4 Å². The van der Waals surface area contributed by atoms with E-state index < -0.39 is 0 Å². The first-order valence-corrected chi connectivity index (χ1v) is 10.0. The molecule has 0 spiro atoms. The number of amidine groups is 1. The van der Waals surface area contributed by atoms with Crippen molar-refractivity contribution in [3.63, 3.8) is 0 Å². The van der Waals surface area contributed by atoms with Crippen LogP contribution in [0.1, 0.15) is 11.3 Å². The van der Waals surface area contributed by atoms with Gasteiger partial charge < -0.3 is 14.6 Å². The minimum atomic E-state index is -0.292. The number of aryl methyl sites for hydroxylation is 2. The Labute approximate surface area is 184 Å². The van der Waals surface area contributed by atoms with Crippen LogP contribution in [0, 0.1) is 19.7 Å². The highest BCUT2D eigenvalue weighted by Gasteiger charge is 2.43. The number of imidazole rings is 1. The average Bonchev–Trinajstić information content (AvgIpc) is 3.37. The van der Waals surface area contributed by atoms with Gasteiger partial charge in [0.25, 0.3) is 11.8 Å². The number of ether oxygens (including phenoxy) is 1. The standard InChI is InChI=1S/C23H21FN7O/c1-15-10-17(24)4-7-20(15)31-9-8-25-12-22(31)28-23(29-31)27-18-5-6-19(21(11-18)32-3)30-13-16(2)26-14-30/h4-14H,1-3H3,(H,27,29)/q+1. The molecule has 0 radical (unpaired) electrons. The summed E-state index contributed by atoms with van der Waals surface area (Å²) in [4.78, 5) is 13.1. The molecule has 0 saturated carbocycles. The monoisotopic (exact) mass is 430 g/mol. The lowest BCUT2D eigenvalue weighted by Crippen LogP contribution is -2.44. The summed E-state index contributed by atoms with van der Waals surface area (Å²) in [5.41, 5.74) is 4.12. The first-order chi connectivity index (χ1) is 15.5. The summed E-state index contributed by atoms with van der Waals surface area (Å²) in [6.07, 6.45) is 8.82. The Morgan fingerprint density at radius 1 is 1.12 bits per heavy atom. The number of fused-ring (bicyclic) bond motifs is 1. The van der Waals surface area contributed by atoms with Gasteiger partial charge in [0.1, 0.15) is 17.8 Å². The zero-order valence-corrected chi connectivity index (χ0v) is 17.8. The Balaban J connectivity index is 1.50. The highest BCUT2D eigenvalue weighted by molar-refractivity contribution is 6.38. The maximum Gasteiger partial charge on any atom is 0.287 e. The van der Waals surface area contributed by atoms with Crippen LogP contribution in [0.3, 0.4) is 0 Å². The molecule has 2 aromatic carbocycles. The number of hydrogen-bond donors (Lipinski definition) is 1. The summed E-state index contributed by atoms with van der Waals surface area (Å²) in [5, 5.41) is 8.07. The molecule has 3 heterocycles. The van der Waals surface area contributed by atoms with Crippen LogP contribution in [0.4, 0.5) is 15.8 Å². The summed E-state index contributed by atoms with van der Waals surface area (Å²) >= 11 is 0. The lowest BCUT2D eigenvalue weighted by atomic mass is 10.1. The number of hydrogen-bond acceptors (Lipinski definition) is 6. The Kier molecular flexibility index (Phi) is 4.67. The molecule has 32 heavy (non-hydrogen) atoms. The van der Waals surface area contributed by atoms with Crippen molar-refractivity contribution in [2.24, 2.45) is 15.1 Å². The minimum absolute atomic E-state index is 0.0124. The molecule has 160 valence electrons. The Bertz CT molecular complexity index is 1340. The van der Waals surface area contributed by atoms with Gasteiger partial charge in [-0.3, -0.25) is 4.99 Å². The number of methoxy groups -OCH3 is 1. The van der Waals surface area contributed by atoms with Gasteiger partial charge in [-0.2, -0.15) is 4.99 Å². The first-order valence-electron chi connectivity index (χ1n) is 10.0. The summed E-state index contributed by atoms with van der Waals surface area (Å²) in [6, 6.07) is 10.4. The smallest absolute Gasteiger partial charge is 0.287 e. The fraction of sp³-hybridized carbons (Fsp3) is 0.130. The molecule has 0 saturated heterocycles. The quantitative estimate of drug-likeness (QED) is 0.627. The van der Waals surface area contributed by atoms with Crippen molar-refractivity contribution in [1.29, 1.82) is 0 Å². The number of aromatic nitrogens is 2. The normalized spacial score (nSPS) is 18.9. The number of nitrogens with one attached hydrogen (secondary N) is 1. The summed E-state index contributed by atoms with van der Waals surface area (Å²) in [7, 11) is 1.62. The molecule has 5 rings (SSSR count). The number of guanidine groups is 1. The zero-order chi connectivity index (χ0) is 22.3. The second-order valence-corrected chi connectivity index (χ2v) is 7.52. The molecule has 9 heteroatoms. The molecular weight excluding hydrogens is 409 g/mol. The summed E-state index contributed by atoms with van der Waals surface area (Å²) in [6.45, 7) is 3.79. The van der Waals surface area contributed by atoms with Crippen molar-refractivity contribution in [2.45, 2.75) is 13.8 Å². The highest BCUT2D eigenvalue weighted by Crippen LogP contribution is 2.34. The Hall–Kier alpha value is -4.11. The number of rotatable bonds is 4. The van der Waals surface area contributed by atoms with E-state index in [9.17, 15) is 4.39 Å². The van der Waals surface area contributed by atoms with Gasteiger partial charge in [-0.25, -0.2) is 9.37 Å². The molecule has 1 unspecified atom stereocenters. The lowest BCUT2D eigenvalue weighted by Gasteiger charge is -2.25. The maximum absolute atomic E-state index is 13.7. The summed E-state index contributed by atoms with van der Waals surface area (Å²) < 4.78 is 21.2. The number of quaternary nitrogens is 1. The van der Waals surface area contributed by atoms with Gasteiger partial charge in [0.15, 0.2) is 11.9 Å². The van der Waals surface area contributed by atoms with Crippen LogP contribution < -0.4 is 14.6 Å². The number of nitrogens with zero attached hydrogens (tertiary/aromatic N) is 6. The van der Waals surface area contributed by atoms with Crippen LogP contribution >= 0.6 is 0 Å². The third-order valence-corrected chi connectivity index (χ3v) is 5.33. The molecule has 3 aromatic rings. The van der Waals surface area contributed by atoms with Crippen molar-refractivity contribution < 1.29 is 9.13 Å². The van der Waals surface area contributed by atoms with E-state index >= 15 is 0 Å². The second kappa shape index (κ2) is 7.54. The first kappa shape index (κ1) is 19.8. The molecule has 0 amide bonds. The van der Waals surface area contributed by atoms with E-state index in [2.05, 4.69) is 20.3 Å². The van der Waals surface area contributed by atoms with Crippen LogP contribution in [0.25, 0.3) is 5.69 Å².